The van der Waals surface area contributed by atoms with Gasteiger partial charge in [0.2, 0.25) is 0 Å². The van der Waals surface area contributed by atoms with E-state index in [1.165, 1.54) is 6.92 Å². The first-order valence-electron chi connectivity index (χ1n) is 6.01. The Morgan fingerprint density at radius 2 is 2.29 bits per heavy atom. The van der Waals surface area contributed by atoms with Crippen LogP contribution in [-0.2, 0) is 0 Å². The highest BCUT2D eigenvalue weighted by molar-refractivity contribution is 5.94. The number of Topliss-reactive ketones (excluding diaryl/α,β-unsaturated/α-hetero) is 1. The molecule has 0 N–H and O–H groups in total. The number of hydrogen-bond acceptors (Lipinski definition) is 2. The van der Waals surface area contributed by atoms with Gasteiger partial charge in [-0.1, -0.05) is 18.2 Å². The highest BCUT2D eigenvalue weighted by Crippen LogP contribution is 2.32. The molecule has 1 fully saturated rings. The van der Waals surface area contributed by atoms with Crippen molar-refractivity contribution in [3.8, 4) is 0 Å². The summed E-state index contributed by atoms with van der Waals surface area (Å²) in [6, 6.07) is 6.96. The summed E-state index contributed by atoms with van der Waals surface area (Å²) in [6.07, 6.45) is -0.0682. The maximum absolute atomic E-state index is 14.3. The fourth-order valence-electron chi connectivity index (χ4n) is 2.41. The number of nitrogens with zero attached hydrogens (tertiary/aromatic N) is 1. The molecule has 0 spiro atoms. The standard InChI is InChI=1S/C14H18FNO/c1-10(17)11-4-3-5-12(8-11)14(15)13-6-7-16(2)9-13/h3-5,8,13-14H,6-7,9H2,1-2H3. The zero-order chi connectivity index (χ0) is 12.4. The maximum atomic E-state index is 14.3. The van der Waals surface area contributed by atoms with Gasteiger partial charge in [-0.2, -0.15) is 0 Å². The molecule has 2 rings (SSSR count). The minimum atomic E-state index is -0.959. The van der Waals surface area contributed by atoms with Crippen molar-refractivity contribution in [3.63, 3.8) is 0 Å². The van der Waals surface area contributed by atoms with Crippen LogP contribution in [0.4, 0.5) is 4.39 Å². The lowest BCUT2D eigenvalue weighted by Crippen LogP contribution is -2.16. The van der Waals surface area contributed by atoms with Crippen LogP contribution in [0.2, 0.25) is 0 Å². The number of halogens is 1. The second-order valence-electron chi connectivity index (χ2n) is 4.89. The van der Waals surface area contributed by atoms with E-state index in [4.69, 9.17) is 0 Å². The van der Waals surface area contributed by atoms with Crippen LogP contribution in [0.3, 0.4) is 0 Å². The van der Waals surface area contributed by atoms with Gasteiger partial charge in [-0.05, 0) is 38.6 Å². The number of carbonyl (C=O) groups excluding carboxylic acids is 1. The van der Waals surface area contributed by atoms with Gasteiger partial charge in [0.15, 0.2) is 5.78 Å². The van der Waals surface area contributed by atoms with Gasteiger partial charge in [0, 0.05) is 18.0 Å². The lowest BCUT2D eigenvalue weighted by Gasteiger charge is -2.16. The second kappa shape index (κ2) is 4.96. The van der Waals surface area contributed by atoms with Gasteiger partial charge >= 0.3 is 0 Å². The van der Waals surface area contributed by atoms with Crippen LogP contribution in [-0.4, -0.2) is 30.8 Å². The van der Waals surface area contributed by atoms with Crippen molar-refractivity contribution in [1.29, 1.82) is 0 Å². The van der Waals surface area contributed by atoms with Crippen molar-refractivity contribution >= 4 is 5.78 Å². The smallest absolute Gasteiger partial charge is 0.159 e. The van der Waals surface area contributed by atoms with E-state index in [2.05, 4.69) is 4.90 Å². The number of likely N-dealkylation sites (tertiary alicyclic amines) is 1. The third-order valence-electron chi connectivity index (χ3n) is 3.45. The zero-order valence-corrected chi connectivity index (χ0v) is 10.3. The maximum Gasteiger partial charge on any atom is 0.159 e. The Hall–Kier alpha value is -1.22. The molecule has 1 heterocycles. The molecule has 1 aromatic carbocycles. The van der Waals surface area contributed by atoms with Gasteiger partial charge in [-0.15, -0.1) is 0 Å². The third-order valence-corrected chi connectivity index (χ3v) is 3.45. The summed E-state index contributed by atoms with van der Waals surface area (Å²) in [6.45, 7) is 3.26. The highest BCUT2D eigenvalue weighted by Gasteiger charge is 2.28. The summed E-state index contributed by atoms with van der Waals surface area (Å²) < 4.78 is 14.3. The molecule has 0 aromatic heterocycles. The molecule has 2 atom stereocenters. The van der Waals surface area contributed by atoms with E-state index >= 15 is 0 Å². The Kier molecular flexibility index (Phi) is 3.57. The topological polar surface area (TPSA) is 20.3 Å². The molecule has 0 saturated carbocycles. The normalized spacial score (nSPS) is 22.6. The molecule has 1 aromatic rings. The van der Waals surface area contributed by atoms with Crippen molar-refractivity contribution < 1.29 is 9.18 Å². The van der Waals surface area contributed by atoms with Crippen LogP contribution in [0.1, 0.15) is 35.4 Å². The number of rotatable bonds is 3. The summed E-state index contributed by atoms with van der Waals surface area (Å²) in [5, 5.41) is 0. The van der Waals surface area contributed by atoms with Gasteiger partial charge < -0.3 is 4.90 Å². The molecule has 2 unspecified atom stereocenters. The van der Waals surface area contributed by atoms with Crippen LogP contribution in [0.15, 0.2) is 24.3 Å². The Morgan fingerprint density at radius 1 is 1.53 bits per heavy atom. The number of benzene rings is 1. The van der Waals surface area contributed by atoms with Crippen LogP contribution in [0, 0.1) is 5.92 Å². The molecule has 0 radical (unpaired) electrons. The predicted molar refractivity (Wildman–Crippen MR) is 65.9 cm³/mol. The minimum absolute atomic E-state index is 0.0115. The molecule has 0 aliphatic carbocycles. The lowest BCUT2D eigenvalue weighted by molar-refractivity contribution is 0.101. The van der Waals surface area contributed by atoms with Gasteiger partial charge in [0.05, 0.1) is 0 Å². The molecule has 1 aliphatic rings. The van der Waals surface area contributed by atoms with Crippen molar-refractivity contribution in [2.45, 2.75) is 19.5 Å². The summed E-state index contributed by atoms with van der Waals surface area (Å²) in [4.78, 5) is 13.4. The number of alkyl halides is 1. The average molecular weight is 235 g/mol. The summed E-state index contributed by atoms with van der Waals surface area (Å²) in [5.41, 5.74) is 1.23. The number of ketones is 1. The SMILES string of the molecule is CC(=O)c1cccc(C(F)C2CCN(C)C2)c1. The first-order valence-corrected chi connectivity index (χ1v) is 6.01. The lowest BCUT2D eigenvalue weighted by atomic mass is 9.94. The first kappa shape index (κ1) is 12.2. The van der Waals surface area contributed by atoms with Crippen LogP contribution in [0.5, 0.6) is 0 Å². The molecule has 1 saturated heterocycles. The van der Waals surface area contributed by atoms with Crippen LogP contribution in [0.25, 0.3) is 0 Å². The fourth-order valence-corrected chi connectivity index (χ4v) is 2.41. The first-order chi connectivity index (χ1) is 8.08. The Morgan fingerprint density at radius 3 is 2.88 bits per heavy atom. The van der Waals surface area contributed by atoms with Crippen LogP contribution >= 0.6 is 0 Å². The molecular formula is C14H18FNO. The van der Waals surface area contributed by atoms with Crippen molar-refractivity contribution in [2.75, 3.05) is 20.1 Å². The highest BCUT2D eigenvalue weighted by atomic mass is 19.1. The van der Waals surface area contributed by atoms with Gasteiger partial charge in [0.25, 0.3) is 0 Å². The molecule has 2 nitrogen and oxygen atoms in total. The Labute approximate surface area is 101 Å². The number of hydrogen-bond donors (Lipinski definition) is 0. The van der Waals surface area contributed by atoms with Crippen molar-refractivity contribution in [2.24, 2.45) is 5.92 Å². The minimum Gasteiger partial charge on any atom is -0.306 e. The van der Waals surface area contributed by atoms with E-state index < -0.39 is 6.17 Å². The quantitative estimate of drug-likeness (QED) is 0.751. The largest absolute Gasteiger partial charge is 0.306 e. The van der Waals surface area contributed by atoms with Crippen molar-refractivity contribution in [3.05, 3.63) is 35.4 Å². The Bertz CT molecular complexity index is 418. The molecule has 0 bridgehead atoms. The molecule has 0 amide bonds. The summed E-state index contributed by atoms with van der Waals surface area (Å²) in [7, 11) is 2.01. The summed E-state index contributed by atoms with van der Waals surface area (Å²) in [5.74, 6) is 0.0461. The Balaban J connectivity index is 2.16. The van der Waals surface area contributed by atoms with E-state index in [0.717, 1.165) is 19.5 Å². The van der Waals surface area contributed by atoms with Gasteiger partial charge in [-0.25, -0.2) is 4.39 Å². The molecule has 92 valence electrons. The van der Waals surface area contributed by atoms with E-state index in [0.29, 0.717) is 11.1 Å². The van der Waals surface area contributed by atoms with E-state index in [1.54, 1.807) is 24.3 Å². The fraction of sp³-hybridized carbons (Fsp3) is 0.500. The number of carbonyl (C=O) groups is 1. The predicted octanol–water partition coefficient (Wildman–Crippen LogP) is 2.85. The van der Waals surface area contributed by atoms with Gasteiger partial charge in [0.1, 0.15) is 6.17 Å². The molecular weight excluding hydrogens is 217 g/mol. The third kappa shape index (κ3) is 2.72. The summed E-state index contributed by atoms with van der Waals surface area (Å²) >= 11 is 0. The second-order valence-corrected chi connectivity index (χ2v) is 4.89. The zero-order valence-electron chi connectivity index (χ0n) is 10.3. The molecule has 17 heavy (non-hydrogen) atoms. The van der Waals surface area contributed by atoms with Crippen LogP contribution < -0.4 is 0 Å². The van der Waals surface area contributed by atoms with E-state index in [1.807, 2.05) is 7.05 Å². The van der Waals surface area contributed by atoms with Gasteiger partial charge in [-0.3, -0.25) is 4.79 Å². The molecule has 1 aliphatic heterocycles. The van der Waals surface area contributed by atoms with E-state index in [9.17, 15) is 9.18 Å². The molecule has 3 heteroatoms. The van der Waals surface area contributed by atoms with E-state index in [-0.39, 0.29) is 11.7 Å². The average Bonchev–Trinajstić information content (AvgIpc) is 2.75. The van der Waals surface area contributed by atoms with Crippen molar-refractivity contribution in [1.82, 2.24) is 4.90 Å². The monoisotopic (exact) mass is 235 g/mol.